The van der Waals surface area contributed by atoms with Gasteiger partial charge in [-0.15, -0.1) is 0 Å². The van der Waals surface area contributed by atoms with E-state index in [1.54, 1.807) is 12.1 Å². The number of ether oxygens (including phenoxy) is 2. The molecule has 0 unspecified atom stereocenters. The number of methoxy groups -OCH3 is 2. The fourth-order valence-corrected chi connectivity index (χ4v) is 5.58. The van der Waals surface area contributed by atoms with Gasteiger partial charge < -0.3 is 14.0 Å². The third-order valence-corrected chi connectivity index (χ3v) is 7.49. The Kier molecular flexibility index (Phi) is 6.02. The third-order valence-electron chi connectivity index (χ3n) is 5.60. The van der Waals surface area contributed by atoms with Crippen molar-refractivity contribution in [1.82, 2.24) is 13.9 Å². The molecule has 0 saturated carbocycles. The van der Waals surface area contributed by atoms with Crippen molar-refractivity contribution >= 4 is 26.6 Å². The quantitative estimate of drug-likeness (QED) is 0.555. The molecule has 3 heterocycles. The average molecular weight is 442 g/mol. The Labute approximate surface area is 183 Å². The van der Waals surface area contributed by atoms with Crippen LogP contribution < -0.4 is 9.47 Å². The highest BCUT2D eigenvalue weighted by atomic mass is 32.2. The number of sulfonamides is 1. The predicted molar refractivity (Wildman–Crippen MR) is 121 cm³/mol. The van der Waals surface area contributed by atoms with Gasteiger partial charge in [0.15, 0.2) is 0 Å². The molecule has 164 valence electrons. The van der Waals surface area contributed by atoms with Gasteiger partial charge in [-0.1, -0.05) is 13.0 Å². The van der Waals surface area contributed by atoms with Gasteiger partial charge in [-0.3, -0.25) is 0 Å². The monoisotopic (exact) mass is 441 g/mol. The molecule has 0 saturated heterocycles. The van der Waals surface area contributed by atoms with Crippen molar-refractivity contribution in [3.8, 4) is 11.5 Å². The van der Waals surface area contributed by atoms with E-state index in [1.165, 1.54) is 24.6 Å². The summed E-state index contributed by atoms with van der Waals surface area (Å²) in [6.45, 7) is 3.74. The topological polar surface area (TPSA) is 73.7 Å². The molecule has 0 amide bonds. The van der Waals surface area contributed by atoms with Gasteiger partial charge in [0, 0.05) is 49.0 Å². The number of fused-ring (bicyclic) bond motifs is 1. The van der Waals surface area contributed by atoms with Crippen LogP contribution in [0.4, 0.5) is 0 Å². The van der Waals surface area contributed by atoms with Gasteiger partial charge in [0.05, 0.1) is 14.2 Å². The molecule has 4 rings (SSSR count). The first-order chi connectivity index (χ1) is 15.0. The number of rotatable bonds is 7. The van der Waals surface area contributed by atoms with E-state index in [0.717, 1.165) is 35.1 Å². The van der Waals surface area contributed by atoms with Gasteiger partial charge in [0.25, 0.3) is 0 Å². The van der Waals surface area contributed by atoms with Crippen LogP contribution in [0.25, 0.3) is 16.6 Å². The van der Waals surface area contributed by atoms with Crippen molar-refractivity contribution in [2.75, 3.05) is 27.3 Å². The Morgan fingerprint density at radius 2 is 2.00 bits per heavy atom. The molecule has 0 bridgehead atoms. The van der Waals surface area contributed by atoms with E-state index in [1.807, 2.05) is 18.3 Å². The zero-order chi connectivity index (χ0) is 22.0. The summed E-state index contributed by atoms with van der Waals surface area (Å²) in [5, 5.41) is 1.10. The van der Waals surface area contributed by atoms with Crippen molar-refractivity contribution in [2.24, 2.45) is 0 Å². The molecule has 1 aliphatic heterocycles. The largest absolute Gasteiger partial charge is 0.497 e. The summed E-state index contributed by atoms with van der Waals surface area (Å²) in [5.41, 5.74) is 3.25. The van der Waals surface area contributed by atoms with Crippen LogP contribution in [-0.2, 0) is 16.6 Å². The third kappa shape index (κ3) is 3.93. The Bertz CT molecular complexity index is 1230. The zero-order valence-corrected chi connectivity index (χ0v) is 18.9. The number of pyridine rings is 1. The van der Waals surface area contributed by atoms with E-state index in [2.05, 4.69) is 28.7 Å². The summed E-state index contributed by atoms with van der Waals surface area (Å²) >= 11 is 0. The highest BCUT2D eigenvalue weighted by Crippen LogP contribution is 2.34. The maximum absolute atomic E-state index is 13.3. The second kappa shape index (κ2) is 8.72. The first kappa shape index (κ1) is 21.4. The summed E-state index contributed by atoms with van der Waals surface area (Å²) in [4.78, 5) is 4.67. The maximum Gasteiger partial charge on any atom is 0.247 e. The van der Waals surface area contributed by atoms with Crippen molar-refractivity contribution in [3.05, 3.63) is 54.4 Å². The van der Waals surface area contributed by atoms with Crippen molar-refractivity contribution < 1.29 is 17.9 Å². The number of aryl methyl sites for hydroxylation is 1. The van der Waals surface area contributed by atoms with E-state index in [9.17, 15) is 8.42 Å². The number of hydrogen-bond acceptors (Lipinski definition) is 5. The van der Waals surface area contributed by atoms with Gasteiger partial charge in [-0.05, 0) is 42.7 Å². The van der Waals surface area contributed by atoms with Crippen LogP contribution in [-0.4, -0.2) is 49.6 Å². The lowest BCUT2D eigenvalue weighted by molar-refractivity contribution is 0.386. The highest BCUT2D eigenvalue weighted by Gasteiger charge is 2.30. The Hall–Kier alpha value is -2.84. The van der Waals surface area contributed by atoms with Gasteiger partial charge in [-0.2, -0.15) is 4.31 Å². The second-order valence-corrected chi connectivity index (χ2v) is 9.38. The van der Waals surface area contributed by atoms with E-state index < -0.39 is 10.0 Å². The van der Waals surface area contributed by atoms with Crippen molar-refractivity contribution in [1.29, 1.82) is 0 Å². The minimum absolute atomic E-state index is 0.120. The van der Waals surface area contributed by atoms with Gasteiger partial charge in [0.1, 0.15) is 22.0 Å². The summed E-state index contributed by atoms with van der Waals surface area (Å²) in [6, 6.07) is 8.84. The molecule has 2 aromatic heterocycles. The van der Waals surface area contributed by atoms with E-state index in [4.69, 9.17) is 9.47 Å². The molecule has 3 aromatic rings. The summed E-state index contributed by atoms with van der Waals surface area (Å²) in [5.74, 6) is 0.785. The van der Waals surface area contributed by atoms with E-state index in [0.29, 0.717) is 31.0 Å². The first-order valence-corrected chi connectivity index (χ1v) is 11.8. The first-order valence-electron chi connectivity index (χ1n) is 10.3. The molecule has 8 heteroatoms. The molecule has 0 fully saturated rings. The fraction of sp³-hybridized carbons (Fsp3) is 0.348. The van der Waals surface area contributed by atoms with Crippen LogP contribution in [0.15, 0.2) is 53.7 Å². The molecular weight excluding hydrogens is 414 g/mol. The Morgan fingerprint density at radius 1 is 1.16 bits per heavy atom. The average Bonchev–Trinajstić information content (AvgIpc) is 3.17. The van der Waals surface area contributed by atoms with Crippen molar-refractivity contribution in [2.45, 2.75) is 31.2 Å². The Morgan fingerprint density at radius 3 is 2.68 bits per heavy atom. The molecule has 31 heavy (non-hydrogen) atoms. The second-order valence-electron chi connectivity index (χ2n) is 7.47. The van der Waals surface area contributed by atoms with Gasteiger partial charge >= 0.3 is 0 Å². The number of nitrogens with zero attached hydrogens (tertiary/aromatic N) is 3. The van der Waals surface area contributed by atoms with Crippen LogP contribution >= 0.6 is 0 Å². The van der Waals surface area contributed by atoms with Crippen LogP contribution in [0.3, 0.4) is 0 Å². The Balaban J connectivity index is 1.65. The number of benzene rings is 1. The van der Waals surface area contributed by atoms with E-state index in [-0.39, 0.29) is 4.90 Å². The summed E-state index contributed by atoms with van der Waals surface area (Å²) in [6.07, 6.45) is 7.61. The molecule has 0 N–H and O–H groups in total. The lowest BCUT2D eigenvalue weighted by atomic mass is 10.0. The summed E-state index contributed by atoms with van der Waals surface area (Å²) < 4.78 is 40.8. The lowest BCUT2D eigenvalue weighted by Gasteiger charge is -2.26. The zero-order valence-electron chi connectivity index (χ0n) is 18.0. The number of aromatic nitrogens is 2. The molecule has 0 atom stereocenters. The SMILES string of the molecule is CCCn1cc(C2=CCN(S(=O)(=O)c3cc(OC)ccc3OC)CC2)c2cccnc21. The lowest BCUT2D eigenvalue weighted by Crippen LogP contribution is -2.34. The smallest absolute Gasteiger partial charge is 0.247 e. The van der Waals surface area contributed by atoms with Gasteiger partial charge in [-0.25, -0.2) is 13.4 Å². The number of hydrogen-bond donors (Lipinski definition) is 0. The fourth-order valence-electron chi connectivity index (χ4n) is 4.03. The molecule has 1 aliphatic rings. The normalized spacial score (nSPS) is 15.1. The van der Waals surface area contributed by atoms with E-state index >= 15 is 0 Å². The minimum atomic E-state index is -3.72. The molecule has 0 radical (unpaired) electrons. The maximum atomic E-state index is 13.3. The predicted octanol–water partition coefficient (Wildman–Crippen LogP) is 3.94. The molecule has 0 aliphatic carbocycles. The molecular formula is C23H27N3O4S. The highest BCUT2D eigenvalue weighted by molar-refractivity contribution is 7.89. The van der Waals surface area contributed by atoms with Crippen LogP contribution in [0.1, 0.15) is 25.3 Å². The minimum Gasteiger partial charge on any atom is -0.497 e. The molecule has 7 nitrogen and oxygen atoms in total. The standard InChI is InChI=1S/C23H27N3O4S/c1-4-12-25-16-20(19-6-5-11-24-23(19)25)17-9-13-26(14-10-17)31(27,28)22-15-18(29-2)7-8-21(22)30-3/h5-9,11,15-16H,4,10,12-14H2,1-3H3. The van der Waals surface area contributed by atoms with Crippen LogP contribution in [0, 0.1) is 0 Å². The van der Waals surface area contributed by atoms with Crippen LogP contribution in [0.5, 0.6) is 11.5 Å². The van der Waals surface area contributed by atoms with Gasteiger partial charge in [0.2, 0.25) is 10.0 Å². The molecule has 0 spiro atoms. The molecule has 1 aromatic carbocycles. The van der Waals surface area contributed by atoms with Crippen LogP contribution in [0.2, 0.25) is 0 Å². The van der Waals surface area contributed by atoms with Crippen molar-refractivity contribution in [3.63, 3.8) is 0 Å². The summed E-state index contributed by atoms with van der Waals surface area (Å²) in [7, 11) is -0.743.